The summed E-state index contributed by atoms with van der Waals surface area (Å²) in [5.41, 5.74) is 2.70. The van der Waals surface area contributed by atoms with Gasteiger partial charge in [-0.05, 0) is 42.3 Å². The Kier molecular flexibility index (Phi) is 7.72. The van der Waals surface area contributed by atoms with E-state index in [-0.39, 0.29) is 6.03 Å². The van der Waals surface area contributed by atoms with Gasteiger partial charge < -0.3 is 29.2 Å². The van der Waals surface area contributed by atoms with Gasteiger partial charge in [-0.25, -0.2) is 4.79 Å². The first-order valence-electron chi connectivity index (χ1n) is 9.81. The Labute approximate surface area is 171 Å². The molecule has 2 aromatic rings. The van der Waals surface area contributed by atoms with E-state index < -0.39 is 0 Å². The van der Waals surface area contributed by atoms with Gasteiger partial charge in [0.15, 0.2) is 11.5 Å². The summed E-state index contributed by atoms with van der Waals surface area (Å²) in [7, 11) is 1.76. The SMILES string of the molecule is CCOCCOCc1cccc(NC(=O)N(C)Cc2ccc3c(c2)OCCO3)c1. The number of carbonyl (C=O) groups is 1. The second-order valence-electron chi connectivity index (χ2n) is 6.71. The second-order valence-corrected chi connectivity index (χ2v) is 6.71. The molecule has 0 saturated heterocycles. The molecule has 156 valence electrons. The third-order valence-electron chi connectivity index (χ3n) is 4.40. The fourth-order valence-electron chi connectivity index (χ4n) is 2.94. The molecule has 2 aromatic carbocycles. The molecule has 0 atom stereocenters. The number of amides is 2. The van der Waals surface area contributed by atoms with Crippen molar-refractivity contribution in [2.75, 3.05) is 45.4 Å². The van der Waals surface area contributed by atoms with E-state index >= 15 is 0 Å². The summed E-state index contributed by atoms with van der Waals surface area (Å²) in [6, 6.07) is 13.2. The van der Waals surface area contributed by atoms with Crippen molar-refractivity contribution >= 4 is 11.7 Å². The fourth-order valence-corrected chi connectivity index (χ4v) is 2.94. The van der Waals surface area contributed by atoms with Gasteiger partial charge in [0.2, 0.25) is 0 Å². The van der Waals surface area contributed by atoms with Crippen LogP contribution in [-0.4, -0.2) is 51.0 Å². The topological polar surface area (TPSA) is 69.3 Å². The highest BCUT2D eigenvalue weighted by Crippen LogP contribution is 2.31. The van der Waals surface area contributed by atoms with E-state index in [0.29, 0.717) is 46.2 Å². The van der Waals surface area contributed by atoms with Gasteiger partial charge in [0, 0.05) is 25.9 Å². The van der Waals surface area contributed by atoms with Crippen LogP contribution in [0, 0.1) is 0 Å². The Morgan fingerprint density at radius 2 is 1.83 bits per heavy atom. The molecule has 0 saturated carbocycles. The molecule has 1 aliphatic rings. The normalized spacial score (nSPS) is 12.5. The predicted octanol–water partition coefficient (Wildman–Crippen LogP) is 3.67. The Balaban J connectivity index is 1.51. The summed E-state index contributed by atoms with van der Waals surface area (Å²) in [6.45, 7) is 5.80. The molecule has 1 heterocycles. The van der Waals surface area contributed by atoms with E-state index in [1.54, 1.807) is 11.9 Å². The van der Waals surface area contributed by atoms with Gasteiger partial charge in [0.25, 0.3) is 0 Å². The largest absolute Gasteiger partial charge is 0.486 e. The predicted molar refractivity (Wildman–Crippen MR) is 111 cm³/mol. The van der Waals surface area contributed by atoms with Gasteiger partial charge in [-0.1, -0.05) is 18.2 Å². The quantitative estimate of drug-likeness (QED) is 0.651. The maximum absolute atomic E-state index is 12.6. The van der Waals surface area contributed by atoms with Crippen LogP contribution in [0.2, 0.25) is 0 Å². The number of ether oxygens (including phenoxy) is 4. The molecule has 3 rings (SSSR count). The van der Waals surface area contributed by atoms with Crippen LogP contribution in [0.15, 0.2) is 42.5 Å². The molecule has 1 N–H and O–H groups in total. The first kappa shape index (κ1) is 21.0. The van der Waals surface area contributed by atoms with Crippen LogP contribution in [0.3, 0.4) is 0 Å². The number of benzene rings is 2. The van der Waals surface area contributed by atoms with Crippen molar-refractivity contribution in [3.05, 3.63) is 53.6 Å². The van der Waals surface area contributed by atoms with Crippen LogP contribution in [0.1, 0.15) is 18.1 Å². The van der Waals surface area contributed by atoms with Gasteiger partial charge in [-0.3, -0.25) is 0 Å². The van der Waals surface area contributed by atoms with Gasteiger partial charge >= 0.3 is 6.03 Å². The van der Waals surface area contributed by atoms with Gasteiger partial charge in [0.1, 0.15) is 13.2 Å². The molecule has 0 spiro atoms. The molecule has 0 radical (unpaired) electrons. The number of nitrogens with zero attached hydrogens (tertiary/aromatic N) is 1. The lowest BCUT2D eigenvalue weighted by Crippen LogP contribution is -2.30. The number of hydrogen-bond donors (Lipinski definition) is 1. The average molecular weight is 400 g/mol. The number of rotatable bonds is 9. The Hall–Kier alpha value is -2.77. The minimum Gasteiger partial charge on any atom is -0.486 e. The minimum atomic E-state index is -0.186. The van der Waals surface area contributed by atoms with Crippen molar-refractivity contribution in [1.82, 2.24) is 4.90 Å². The molecule has 2 amide bonds. The highest BCUT2D eigenvalue weighted by Gasteiger charge is 2.14. The Morgan fingerprint density at radius 1 is 1.03 bits per heavy atom. The van der Waals surface area contributed by atoms with Crippen LogP contribution in [0.5, 0.6) is 11.5 Å². The van der Waals surface area contributed by atoms with E-state index in [4.69, 9.17) is 18.9 Å². The minimum absolute atomic E-state index is 0.186. The zero-order chi connectivity index (χ0) is 20.5. The summed E-state index contributed by atoms with van der Waals surface area (Å²) >= 11 is 0. The highest BCUT2D eigenvalue weighted by atomic mass is 16.6. The third kappa shape index (κ3) is 6.37. The Morgan fingerprint density at radius 3 is 2.66 bits per heavy atom. The highest BCUT2D eigenvalue weighted by molar-refractivity contribution is 5.89. The van der Waals surface area contributed by atoms with Gasteiger partial charge in [-0.15, -0.1) is 0 Å². The van der Waals surface area contributed by atoms with Gasteiger partial charge in [0.05, 0.1) is 19.8 Å². The molecule has 0 unspecified atom stereocenters. The molecule has 7 heteroatoms. The zero-order valence-corrected chi connectivity index (χ0v) is 17.0. The first-order chi connectivity index (χ1) is 14.2. The van der Waals surface area contributed by atoms with Crippen molar-refractivity contribution < 1.29 is 23.7 Å². The summed E-state index contributed by atoms with van der Waals surface area (Å²) in [4.78, 5) is 14.2. The van der Waals surface area contributed by atoms with Crippen LogP contribution >= 0.6 is 0 Å². The van der Waals surface area contributed by atoms with Crippen molar-refractivity contribution in [3.63, 3.8) is 0 Å². The summed E-state index contributed by atoms with van der Waals surface area (Å²) in [5.74, 6) is 1.46. The standard InChI is InChI=1S/C22H28N2O5/c1-3-26-9-10-27-16-18-5-4-6-19(13-18)23-22(25)24(2)15-17-7-8-20-21(14-17)29-12-11-28-20/h4-8,13-14H,3,9-12,15-16H2,1-2H3,(H,23,25). The van der Waals surface area contributed by atoms with Crippen molar-refractivity contribution in [3.8, 4) is 11.5 Å². The monoisotopic (exact) mass is 400 g/mol. The van der Waals surface area contributed by atoms with E-state index in [1.807, 2.05) is 49.4 Å². The lowest BCUT2D eigenvalue weighted by atomic mass is 10.2. The summed E-state index contributed by atoms with van der Waals surface area (Å²) < 4.78 is 22.0. The first-order valence-corrected chi connectivity index (χ1v) is 9.81. The summed E-state index contributed by atoms with van der Waals surface area (Å²) in [6.07, 6.45) is 0. The number of fused-ring (bicyclic) bond motifs is 1. The molecule has 1 aliphatic heterocycles. The maximum Gasteiger partial charge on any atom is 0.321 e. The van der Waals surface area contributed by atoms with Crippen molar-refractivity contribution in [1.29, 1.82) is 0 Å². The van der Waals surface area contributed by atoms with Crippen LogP contribution in [0.25, 0.3) is 0 Å². The van der Waals surface area contributed by atoms with E-state index in [9.17, 15) is 4.79 Å². The molecule has 0 fully saturated rings. The zero-order valence-electron chi connectivity index (χ0n) is 17.0. The van der Waals surface area contributed by atoms with E-state index in [2.05, 4.69) is 5.32 Å². The van der Waals surface area contributed by atoms with Crippen LogP contribution < -0.4 is 14.8 Å². The smallest absolute Gasteiger partial charge is 0.321 e. The van der Waals surface area contributed by atoms with Crippen molar-refractivity contribution in [2.24, 2.45) is 0 Å². The maximum atomic E-state index is 12.6. The lowest BCUT2D eigenvalue weighted by molar-refractivity contribution is 0.0453. The molecule has 0 bridgehead atoms. The number of hydrogen-bond acceptors (Lipinski definition) is 5. The third-order valence-corrected chi connectivity index (χ3v) is 4.40. The molecule has 7 nitrogen and oxygen atoms in total. The number of anilines is 1. The lowest BCUT2D eigenvalue weighted by Gasteiger charge is -2.21. The molecule has 29 heavy (non-hydrogen) atoms. The average Bonchev–Trinajstić information content (AvgIpc) is 2.74. The summed E-state index contributed by atoms with van der Waals surface area (Å²) in [5, 5.41) is 2.93. The molecular weight excluding hydrogens is 372 g/mol. The fraction of sp³-hybridized carbons (Fsp3) is 0.409. The van der Waals surface area contributed by atoms with Gasteiger partial charge in [-0.2, -0.15) is 0 Å². The second kappa shape index (κ2) is 10.7. The molecule has 0 aromatic heterocycles. The number of urea groups is 1. The van der Waals surface area contributed by atoms with Crippen LogP contribution in [-0.2, 0) is 22.6 Å². The van der Waals surface area contributed by atoms with Crippen LogP contribution in [0.4, 0.5) is 10.5 Å². The number of nitrogens with one attached hydrogen (secondary N) is 1. The number of carbonyl (C=O) groups excluding carboxylic acids is 1. The van der Waals surface area contributed by atoms with E-state index in [0.717, 1.165) is 28.3 Å². The molecule has 0 aliphatic carbocycles. The molecular formula is C22H28N2O5. The van der Waals surface area contributed by atoms with E-state index in [1.165, 1.54) is 0 Å². The van der Waals surface area contributed by atoms with Crippen molar-refractivity contribution in [2.45, 2.75) is 20.1 Å². The Bertz CT molecular complexity index is 812.